The lowest BCUT2D eigenvalue weighted by molar-refractivity contribution is 0.0944. The second-order valence-electron chi connectivity index (χ2n) is 6.78. The Morgan fingerprint density at radius 2 is 1.79 bits per heavy atom. The van der Waals surface area contributed by atoms with Crippen molar-refractivity contribution >= 4 is 46.5 Å². The highest BCUT2D eigenvalue weighted by Gasteiger charge is 2.15. The average Bonchev–Trinajstić information content (AvgIpc) is 3.21. The molecule has 9 nitrogen and oxygen atoms in total. The molecule has 0 radical (unpaired) electrons. The maximum absolute atomic E-state index is 11.9. The molecule has 0 unspecified atom stereocenters. The molecule has 0 aliphatic heterocycles. The summed E-state index contributed by atoms with van der Waals surface area (Å²) < 4.78 is 16.0. The number of hydrogen-bond donors (Lipinski definition) is 3. The van der Waals surface area contributed by atoms with E-state index in [1.54, 1.807) is 24.3 Å². The van der Waals surface area contributed by atoms with Gasteiger partial charge in [0.25, 0.3) is 5.91 Å². The summed E-state index contributed by atoms with van der Waals surface area (Å²) in [4.78, 5) is 11.9. The number of nitrogens with two attached hydrogens (primary N) is 1. The Labute approximate surface area is 205 Å². The molecular weight excluding hydrogens is 493 g/mol. The Hall–Kier alpha value is -2.72. The highest BCUT2D eigenvalue weighted by molar-refractivity contribution is 6.35. The zero-order chi connectivity index (χ0) is 23.8. The Bertz CT molecular complexity index is 1110. The molecule has 33 heavy (non-hydrogen) atoms. The summed E-state index contributed by atoms with van der Waals surface area (Å²) in [6.07, 6.45) is 0. The van der Waals surface area contributed by atoms with Crippen LogP contribution in [0.15, 0.2) is 35.0 Å². The predicted octanol–water partition coefficient (Wildman–Crippen LogP) is 4.11. The first-order chi connectivity index (χ1) is 15.9. The van der Waals surface area contributed by atoms with E-state index in [0.29, 0.717) is 52.8 Å². The van der Waals surface area contributed by atoms with Crippen molar-refractivity contribution in [3.05, 3.63) is 62.2 Å². The van der Waals surface area contributed by atoms with Crippen molar-refractivity contribution < 1.29 is 18.9 Å². The standard InChI is InChI=1S/C21H22Cl3N5O4/c1-2-31-17-7-13(10-26-5-6-27-21(30)19-20(25)29-33-28-19)16(24)9-18(17)32-11-12-3-4-14(22)8-15(12)23/h3-4,7-9,26H,2,5-6,10-11H2,1H3,(H2,25,29)(H,27,30). The molecule has 1 heterocycles. The van der Waals surface area contributed by atoms with Crippen molar-refractivity contribution in [3.8, 4) is 11.5 Å². The predicted molar refractivity (Wildman–Crippen MR) is 126 cm³/mol. The van der Waals surface area contributed by atoms with Crippen LogP contribution in [0, 0.1) is 0 Å². The molecule has 0 saturated heterocycles. The number of amides is 1. The smallest absolute Gasteiger partial charge is 0.277 e. The van der Waals surface area contributed by atoms with Crippen LogP contribution < -0.4 is 25.8 Å². The fourth-order valence-corrected chi connectivity index (χ4v) is 3.50. The van der Waals surface area contributed by atoms with E-state index in [4.69, 9.17) is 50.0 Å². The minimum atomic E-state index is -0.463. The molecule has 12 heteroatoms. The molecule has 4 N–H and O–H groups in total. The van der Waals surface area contributed by atoms with Crippen LogP contribution in [0.4, 0.5) is 5.82 Å². The van der Waals surface area contributed by atoms with Gasteiger partial charge in [-0.1, -0.05) is 40.9 Å². The third-order valence-corrected chi connectivity index (χ3v) is 5.38. The molecule has 3 aromatic rings. The zero-order valence-electron chi connectivity index (χ0n) is 17.7. The maximum Gasteiger partial charge on any atom is 0.277 e. The number of halogens is 3. The number of ether oxygens (including phenoxy) is 2. The van der Waals surface area contributed by atoms with Crippen molar-refractivity contribution in [2.75, 3.05) is 25.4 Å². The number of carbonyl (C=O) groups is 1. The summed E-state index contributed by atoms with van der Waals surface area (Å²) in [5.41, 5.74) is 7.05. The van der Waals surface area contributed by atoms with E-state index < -0.39 is 5.91 Å². The Morgan fingerprint density at radius 1 is 1.03 bits per heavy atom. The van der Waals surface area contributed by atoms with Gasteiger partial charge in [-0.25, -0.2) is 4.63 Å². The van der Waals surface area contributed by atoms with Crippen molar-refractivity contribution in [1.82, 2.24) is 20.9 Å². The number of hydrogen-bond acceptors (Lipinski definition) is 8. The van der Waals surface area contributed by atoms with Gasteiger partial charge >= 0.3 is 0 Å². The third kappa shape index (κ3) is 6.88. The monoisotopic (exact) mass is 513 g/mol. The van der Waals surface area contributed by atoms with Gasteiger partial charge in [0.05, 0.1) is 6.61 Å². The van der Waals surface area contributed by atoms with Crippen molar-refractivity contribution in [3.63, 3.8) is 0 Å². The summed E-state index contributed by atoms with van der Waals surface area (Å²) in [6, 6.07) is 8.73. The van der Waals surface area contributed by atoms with Crippen LogP contribution in [0.5, 0.6) is 11.5 Å². The van der Waals surface area contributed by atoms with Gasteiger partial charge in [0, 0.05) is 46.3 Å². The van der Waals surface area contributed by atoms with E-state index in [9.17, 15) is 4.79 Å². The first-order valence-corrected chi connectivity index (χ1v) is 11.1. The van der Waals surface area contributed by atoms with Crippen LogP contribution in [0.2, 0.25) is 15.1 Å². The lowest BCUT2D eigenvalue weighted by atomic mass is 10.2. The topological polar surface area (TPSA) is 125 Å². The Kier molecular flexibility index (Phi) is 9.02. The lowest BCUT2D eigenvalue weighted by Gasteiger charge is -2.16. The van der Waals surface area contributed by atoms with E-state index in [1.165, 1.54) is 0 Å². The number of aromatic nitrogens is 2. The van der Waals surface area contributed by atoms with Crippen molar-refractivity contribution in [2.45, 2.75) is 20.1 Å². The summed E-state index contributed by atoms with van der Waals surface area (Å²) in [5, 5.41) is 14.3. The van der Waals surface area contributed by atoms with Crippen LogP contribution in [-0.4, -0.2) is 35.9 Å². The van der Waals surface area contributed by atoms with E-state index in [1.807, 2.05) is 13.0 Å². The first-order valence-electron chi connectivity index (χ1n) is 9.98. The molecule has 1 aromatic heterocycles. The maximum atomic E-state index is 11.9. The molecule has 0 aliphatic carbocycles. The highest BCUT2D eigenvalue weighted by atomic mass is 35.5. The van der Waals surface area contributed by atoms with E-state index >= 15 is 0 Å². The van der Waals surface area contributed by atoms with Gasteiger partial charge in [-0.2, -0.15) is 0 Å². The molecule has 0 saturated carbocycles. The second kappa shape index (κ2) is 11.9. The molecule has 1 amide bonds. The van der Waals surface area contributed by atoms with Crippen LogP contribution in [0.25, 0.3) is 0 Å². The van der Waals surface area contributed by atoms with Gasteiger partial charge in [-0.15, -0.1) is 0 Å². The van der Waals surface area contributed by atoms with Gasteiger partial charge in [-0.05, 0) is 41.0 Å². The normalized spacial score (nSPS) is 10.8. The van der Waals surface area contributed by atoms with Crippen LogP contribution in [0.3, 0.4) is 0 Å². The van der Waals surface area contributed by atoms with Gasteiger partial charge in [0.15, 0.2) is 11.5 Å². The third-order valence-electron chi connectivity index (χ3n) is 4.44. The molecule has 0 atom stereocenters. The Morgan fingerprint density at radius 3 is 2.48 bits per heavy atom. The summed E-state index contributed by atoms with van der Waals surface area (Å²) in [6.45, 7) is 3.83. The number of rotatable bonds is 11. The highest BCUT2D eigenvalue weighted by Crippen LogP contribution is 2.35. The quantitative estimate of drug-likeness (QED) is 0.327. The number of nitrogen functional groups attached to an aromatic ring is 1. The molecule has 0 bridgehead atoms. The van der Waals surface area contributed by atoms with Crippen LogP contribution >= 0.6 is 34.8 Å². The number of nitrogens with one attached hydrogen (secondary N) is 2. The fraction of sp³-hybridized carbons (Fsp3) is 0.286. The summed E-state index contributed by atoms with van der Waals surface area (Å²) in [5.74, 6) is 0.541. The molecule has 176 valence electrons. The van der Waals surface area contributed by atoms with Crippen molar-refractivity contribution in [1.29, 1.82) is 0 Å². The number of carbonyl (C=O) groups excluding carboxylic acids is 1. The second-order valence-corrected chi connectivity index (χ2v) is 8.03. The van der Waals surface area contributed by atoms with Crippen LogP contribution in [0.1, 0.15) is 28.5 Å². The van der Waals surface area contributed by atoms with Gasteiger partial charge in [0.1, 0.15) is 6.61 Å². The minimum Gasteiger partial charge on any atom is -0.490 e. The molecule has 3 rings (SSSR count). The first kappa shape index (κ1) is 24.9. The molecule has 0 aliphatic rings. The fourth-order valence-electron chi connectivity index (χ4n) is 2.81. The van der Waals surface area contributed by atoms with E-state index in [2.05, 4.69) is 25.6 Å². The average molecular weight is 515 g/mol. The Balaban J connectivity index is 1.56. The van der Waals surface area contributed by atoms with E-state index in [0.717, 1.165) is 11.1 Å². The largest absolute Gasteiger partial charge is 0.490 e. The zero-order valence-corrected chi connectivity index (χ0v) is 19.9. The van der Waals surface area contributed by atoms with Gasteiger partial charge in [-0.3, -0.25) is 4.79 Å². The molecule has 0 spiro atoms. The number of anilines is 1. The summed E-state index contributed by atoms with van der Waals surface area (Å²) in [7, 11) is 0. The lowest BCUT2D eigenvalue weighted by Crippen LogP contribution is -2.32. The van der Waals surface area contributed by atoms with E-state index in [-0.39, 0.29) is 18.1 Å². The van der Waals surface area contributed by atoms with Gasteiger partial charge in [0.2, 0.25) is 11.5 Å². The SMILES string of the molecule is CCOc1cc(CNCCNC(=O)c2nonc2N)c(Cl)cc1OCc1ccc(Cl)cc1Cl. The molecule has 0 fully saturated rings. The number of nitrogens with zero attached hydrogens (tertiary/aromatic N) is 2. The minimum absolute atomic E-state index is 0.0464. The number of benzene rings is 2. The van der Waals surface area contributed by atoms with Crippen LogP contribution in [-0.2, 0) is 13.2 Å². The van der Waals surface area contributed by atoms with Gasteiger partial charge < -0.3 is 25.8 Å². The van der Waals surface area contributed by atoms with Crippen molar-refractivity contribution in [2.24, 2.45) is 0 Å². The summed E-state index contributed by atoms with van der Waals surface area (Å²) >= 11 is 18.6. The molecular formula is C21H22Cl3N5O4. The molecule has 2 aromatic carbocycles.